The molecule has 5 nitrogen and oxygen atoms in total. The molecule has 3 aromatic rings. The topological polar surface area (TPSA) is 64.6 Å². The average Bonchev–Trinajstić information content (AvgIpc) is 2.75. The lowest BCUT2D eigenvalue weighted by atomic mass is 10.2. The van der Waals surface area contributed by atoms with Crippen molar-refractivity contribution in [3.05, 3.63) is 95.6 Å². The molecule has 1 atom stereocenters. The molecule has 3 aromatic carbocycles. The highest BCUT2D eigenvalue weighted by Gasteiger charge is 2.19. The normalized spacial score (nSPS) is 11.4. The molecule has 0 aliphatic rings. The Morgan fingerprint density at radius 2 is 1.55 bits per heavy atom. The number of ether oxygens (including phenoxy) is 2. The molecule has 0 saturated heterocycles. The zero-order valence-corrected chi connectivity index (χ0v) is 16.4. The molecule has 0 spiro atoms. The van der Waals surface area contributed by atoms with Gasteiger partial charge in [-0.25, -0.2) is 4.79 Å². The molecule has 0 saturated carbocycles. The first-order valence-electron chi connectivity index (χ1n) is 9.36. The van der Waals surface area contributed by atoms with Crippen LogP contribution in [0.4, 0.5) is 5.69 Å². The number of hydrogen-bond acceptors (Lipinski definition) is 4. The Kier molecular flexibility index (Phi) is 6.63. The molecular weight excluding hydrogens is 366 g/mol. The molecule has 5 heteroatoms. The van der Waals surface area contributed by atoms with Gasteiger partial charge in [0.1, 0.15) is 12.4 Å². The van der Waals surface area contributed by atoms with Crippen LogP contribution in [0.1, 0.15) is 28.4 Å². The van der Waals surface area contributed by atoms with Crippen LogP contribution in [0.5, 0.6) is 5.75 Å². The monoisotopic (exact) mass is 389 g/mol. The molecule has 1 N–H and O–H groups in total. The minimum absolute atomic E-state index is 0.354. The van der Waals surface area contributed by atoms with Gasteiger partial charge in [0, 0.05) is 5.69 Å². The highest BCUT2D eigenvalue weighted by atomic mass is 16.5. The highest BCUT2D eigenvalue weighted by Crippen LogP contribution is 2.16. The van der Waals surface area contributed by atoms with E-state index in [0.717, 1.165) is 11.1 Å². The third kappa shape index (κ3) is 5.94. The lowest BCUT2D eigenvalue weighted by Crippen LogP contribution is -2.30. The number of rotatable bonds is 7. The van der Waals surface area contributed by atoms with Crippen LogP contribution in [0.15, 0.2) is 78.9 Å². The molecule has 0 heterocycles. The Labute approximate surface area is 170 Å². The SMILES string of the molecule is Cc1ccc(NC(=O)[C@@H](C)OC(=O)c2ccc(OCc3ccccc3)cc2)cc1. The fourth-order valence-corrected chi connectivity index (χ4v) is 2.59. The van der Waals surface area contributed by atoms with Crippen molar-refractivity contribution in [2.45, 2.75) is 26.6 Å². The third-order valence-electron chi connectivity index (χ3n) is 4.31. The van der Waals surface area contributed by atoms with Gasteiger partial charge in [-0.1, -0.05) is 48.0 Å². The first-order chi connectivity index (χ1) is 14.0. The van der Waals surface area contributed by atoms with Crippen molar-refractivity contribution in [2.75, 3.05) is 5.32 Å². The second-order valence-corrected chi connectivity index (χ2v) is 6.70. The largest absolute Gasteiger partial charge is 0.489 e. The van der Waals surface area contributed by atoms with Crippen LogP contribution < -0.4 is 10.1 Å². The molecule has 0 bridgehead atoms. The number of esters is 1. The fourth-order valence-electron chi connectivity index (χ4n) is 2.59. The van der Waals surface area contributed by atoms with Crippen LogP contribution in [0.3, 0.4) is 0 Å². The maximum atomic E-state index is 12.3. The van der Waals surface area contributed by atoms with E-state index in [0.29, 0.717) is 23.6 Å². The van der Waals surface area contributed by atoms with Crippen molar-refractivity contribution in [3.8, 4) is 5.75 Å². The van der Waals surface area contributed by atoms with E-state index < -0.39 is 12.1 Å². The van der Waals surface area contributed by atoms with Gasteiger partial charge >= 0.3 is 5.97 Å². The van der Waals surface area contributed by atoms with E-state index in [2.05, 4.69) is 5.32 Å². The average molecular weight is 389 g/mol. The summed E-state index contributed by atoms with van der Waals surface area (Å²) in [5, 5.41) is 2.73. The third-order valence-corrected chi connectivity index (χ3v) is 4.31. The van der Waals surface area contributed by atoms with Crippen LogP contribution in [-0.4, -0.2) is 18.0 Å². The second-order valence-electron chi connectivity index (χ2n) is 6.70. The summed E-state index contributed by atoms with van der Waals surface area (Å²) in [4.78, 5) is 24.5. The second kappa shape index (κ2) is 9.55. The number of anilines is 1. The van der Waals surface area contributed by atoms with Crippen molar-refractivity contribution >= 4 is 17.6 Å². The molecule has 0 aliphatic heterocycles. The van der Waals surface area contributed by atoms with E-state index in [1.165, 1.54) is 0 Å². The summed E-state index contributed by atoms with van der Waals surface area (Å²) in [6.07, 6.45) is -0.919. The molecule has 1 amide bonds. The van der Waals surface area contributed by atoms with Crippen LogP contribution >= 0.6 is 0 Å². The van der Waals surface area contributed by atoms with E-state index in [-0.39, 0.29) is 5.91 Å². The van der Waals surface area contributed by atoms with Gasteiger partial charge in [-0.2, -0.15) is 0 Å². The van der Waals surface area contributed by atoms with Gasteiger partial charge in [0.2, 0.25) is 0 Å². The van der Waals surface area contributed by atoms with Gasteiger partial charge < -0.3 is 14.8 Å². The van der Waals surface area contributed by atoms with Crippen LogP contribution in [-0.2, 0) is 16.1 Å². The molecule has 0 unspecified atom stereocenters. The predicted molar refractivity (Wildman–Crippen MR) is 112 cm³/mol. The van der Waals surface area contributed by atoms with Gasteiger partial charge in [-0.15, -0.1) is 0 Å². The van der Waals surface area contributed by atoms with E-state index >= 15 is 0 Å². The summed E-state index contributed by atoms with van der Waals surface area (Å²) in [7, 11) is 0. The molecule has 148 valence electrons. The number of carbonyl (C=O) groups is 2. The summed E-state index contributed by atoms with van der Waals surface area (Å²) >= 11 is 0. The minimum Gasteiger partial charge on any atom is -0.489 e. The molecule has 0 aliphatic carbocycles. The summed E-state index contributed by atoms with van der Waals surface area (Å²) in [6.45, 7) is 3.95. The Morgan fingerprint density at radius 3 is 2.21 bits per heavy atom. The van der Waals surface area contributed by atoms with Crippen LogP contribution in [0, 0.1) is 6.92 Å². The van der Waals surface area contributed by atoms with Crippen LogP contribution in [0.25, 0.3) is 0 Å². The Balaban J connectivity index is 1.51. The van der Waals surface area contributed by atoms with E-state index in [1.54, 1.807) is 43.3 Å². The van der Waals surface area contributed by atoms with Gasteiger partial charge in [0.25, 0.3) is 5.91 Å². The molecule has 0 aromatic heterocycles. The van der Waals surface area contributed by atoms with Gasteiger partial charge in [0.05, 0.1) is 5.56 Å². The minimum atomic E-state index is -0.919. The van der Waals surface area contributed by atoms with Crippen molar-refractivity contribution < 1.29 is 19.1 Å². The predicted octanol–water partition coefficient (Wildman–Crippen LogP) is 4.76. The maximum absolute atomic E-state index is 12.3. The summed E-state index contributed by atoms with van der Waals surface area (Å²) in [5.41, 5.74) is 3.17. The van der Waals surface area contributed by atoms with Gasteiger partial charge in [-0.05, 0) is 55.8 Å². The molecule has 29 heavy (non-hydrogen) atoms. The van der Waals surface area contributed by atoms with E-state index in [1.807, 2.05) is 49.4 Å². The number of carbonyl (C=O) groups excluding carboxylic acids is 2. The van der Waals surface area contributed by atoms with Crippen molar-refractivity contribution in [2.24, 2.45) is 0 Å². The maximum Gasteiger partial charge on any atom is 0.338 e. The summed E-state index contributed by atoms with van der Waals surface area (Å²) in [6, 6.07) is 23.9. The Morgan fingerprint density at radius 1 is 0.897 bits per heavy atom. The number of aryl methyl sites for hydroxylation is 1. The summed E-state index contributed by atoms with van der Waals surface area (Å²) < 4.78 is 11.0. The van der Waals surface area contributed by atoms with Crippen molar-refractivity contribution in [3.63, 3.8) is 0 Å². The van der Waals surface area contributed by atoms with Gasteiger partial charge in [0.15, 0.2) is 6.10 Å². The molecule has 3 rings (SSSR count). The molecule has 0 fully saturated rings. The highest BCUT2D eigenvalue weighted by molar-refractivity contribution is 5.97. The van der Waals surface area contributed by atoms with Crippen molar-refractivity contribution in [1.29, 1.82) is 0 Å². The lowest BCUT2D eigenvalue weighted by molar-refractivity contribution is -0.123. The van der Waals surface area contributed by atoms with Gasteiger partial charge in [-0.3, -0.25) is 4.79 Å². The van der Waals surface area contributed by atoms with E-state index in [9.17, 15) is 9.59 Å². The molecular formula is C24H23NO4. The zero-order chi connectivity index (χ0) is 20.6. The van der Waals surface area contributed by atoms with Crippen molar-refractivity contribution in [1.82, 2.24) is 0 Å². The number of amides is 1. The number of nitrogens with one attached hydrogen (secondary N) is 1. The van der Waals surface area contributed by atoms with Crippen LogP contribution in [0.2, 0.25) is 0 Å². The smallest absolute Gasteiger partial charge is 0.338 e. The quantitative estimate of drug-likeness (QED) is 0.592. The Hall–Kier alpha value is -3.60. The first-order valence-corrected chi connectivity index (χ1v) is 9.36. The summed E-state index contributed by atoms with van der Waals surface area (Å²) in [5.74, 6) is -0.299. The fraction of sp³-hybridized carbons (Fsp3) is 0.167. The zero-order valence-electron chi connectivity index (χ0n) is 16.4. The number of benzene rings is 3. The standard InChI is InChI=1S/C24H23NO4/c1-17-8-12-21(13-9-17)25-23(26)18(2)29-24(27)20-10-14-22(15-11-20)28-16-19-6-4-3-5-7-19/h3-15,18H,16H2,1-2H3,(H,25,26)/t18-/m1/s1. The van der Waals surface area contributed by atoms with E-state index in [4.69, 9.17) is 9.47 Å². The first kappa shape index (κ1) is 20.1. The molecule has 0 radical (unpaired) electrons. The lowest BCUT2D eigenvalue weighted by Gasteiger charge is -2.14. The number of hydrogen-bond donors (Lipinski definition) is 1. The Bertz CT molecular complexity index is 950.